The highest BCUT2D eigenvalue weighted by Gasteiger charge is 2.24. The molecule has 1 amide bonds. The van der Waals surface area contributed by atoms with Crippen LogP contribution in [-0.4, -0.2) is 43.1 Å². The summed E-state index contributed by atoms with van der Waals surface area (Å²) < 4.78 is 10.0. The Morgan fingerprint density at radius 1 is 1.33 bits per heavy atom. The van der Waals surface area contributed by atoms with Crippen LogP contribution in [0.3, 0.4) is 0 Å². The van der Waals surface area contributed by atoms with Crippen molar-refractivity contribution in [2.24, 2.45) is 0 Å². The summed E-state index contributed by atoms with van der Waals surface area (Å²) in [4.78, 5) is 25.6. The molecule has 1 aromatic carbocycles. The van der Waals surface area contributed by atoms with Gasteiger partial charge in [-0.25, -0.2) is 0 Å². The Bertz CT molecular complexity index is 514. The first-order valence-electron chi connectivity index (χ1n) is 6.81. The van der Waals surface area contributed by atoms with Gasteiger partial charge in [-0.15, -0.1) is 0 Å². The number of anilines is 1. The van der Waals surface area contributed by atoms with Crippen LogP contribution in [0.15, 0.2) is 18.2 Å². The van der Waals surface area contributed by atoms with Gasteiger partial charge < -0.3 is 20.1 Å². The van der Waals surface area contributed by atoms with Gasteiger partial charge in [0.15, 0.2) is 0 Å². The van der Waals surface area contributed by atoms with Crippen molar-refractivity contribution in [2.45, 2.75) is 26.8 Å². The van der Waals surface area contributed by atoms with E-state index >= 15 is 0 Å². The molecule has 0 aliphatic rings. The summed E-state index contributed by atoms with van der Waals surface area (Å²) in [5.74, 6) is -0.337. The van der Waals surface area contributed by atoms with Crippen molar-refractivity contribution in [3.8, 4) is 5.75 Å². The third-order valence-corrected chi connectivity index (χ3v) is 3.01. The van der Waals surface area contributed by atoms with Crippen LogP contribution in [0, 0.1) is 0 Å². The minimum Gasteiger partial charge on any atom is -0.495 e. The fourth-order valence-electron chi connectivity index (χ4n) is 1.90. The number of carbonyl (C=O) groups excluding carboxylic acids is 2. The molecular weight excluding hydrogens is 272 g/mol. The van der Waals surface area contributed by atoms with Crippen LogP contribution in [0.25, 0.3) is 0 Å². The van der Waals surface area contributed by atoms with Gasteiger partial charge in [0.1, 0.15) is 12.3 Å². The number of nitrogens with two attached hydrogens (primary N) is 1. The minimum absolute atomic E-state index is 0.110. The molecule has 0 unspecified atom stereocenters. The fraction of sp³-hybridized carbons (Fsp3) is 0.467. The number of rotatable bonds is 6. The number of ether oxygens (including phenoxy) is 2. The third kappa shape index (κ3) is 4.11. The van der Waals surface area contributed by atoms with Crippen molar-refractivity contribution < 1.29 is 19.1 Å². The Morgan fingerprint density at radius 2 is 2.00 bits per heavy atom. The van der Waals surface area contributed by atoms with Crippen LogP contribution in [0.2, 0.25) is 0 Å². The van der Waals surface area contributed by atoms with E-state index in [1.807, 2.05) is 13.8 Å². The zero-order valence-electron chi connectivity index (χ0n) is 12.9. The molecule has 0 aliphatic heterocycles. The van der Waals surface area contributed by atoms with Gasteiger partial charge in [-0.1, -0.05) is 6.07 Å². The van der Waals surface area contributed by atoms with E-state index in [9.17, 15) is 9.59 Å². The molecule has 0 fully saturated rings. The van der Waals surface area contributed by atoms with Crippen molar-refractivity contribution in [2.75, 3.05) is 26.0 Å². The molecule has 21 heavy (non-hydrogen) atoms. The molecule has 0 aromatic heterocycles. The summed E-state index contributed by atoms with van der Waals surface area (Å²) in [5, 5.41) is 0. The van der Waals surface area contributed by atoms with Crippen molar-refractivity contribution in [3.05, 3.63) is 23.8 Å². The topological polar surface area (TPSA) is 81.9 Å². The second-order valence-electron chi connectivity index (χ2n) is 4.75. The molecule has 6 heteroatoms. The average molecular weight is 294 g/mol. The van der Waals surface area contributed by atoms with E-state index in [4.69, 9.17) is 15.2 Å². The SMILES string of the molecule is CCOC(=O)CN(C(=O)c1cccc(OC)c1N)C(C)C. The van der Waals surface area contributed by atoms with Crippen LogP contribution >= 0.6 is 0 Å². The zero-order valence-corrected chi connectivity index (χ0v) is 12.9. The molecular formula is C15H22N2O4. The van der Waals surface area contributed by atoms with Crippen LogP contribution < -0.4 is 10.5 Å². The third-order valence-electron chi connectivity index (χ3n) is 3.01. The molecule has 0 spiro atoms. The maximum Gasteiger partial charge on any atom is 0.325 e. The molecule has 116 valence electrons. The van der Waals surface area contributed by atoms with E-state index in [1.54, 1.807) is 25.1 Å². The highest BCUT2D eigenvalue weighted by Crippen LogP contribution is 2.26. The van der Waals surface area contributed by atoms with E-state index in [0.717, 1.165) is 0 Å². The first-order valence-corrected chi connectivity index (χ1v) is 6.81. The molecule has 0 bridgehead atoms. The van der Waals surface area contributed by atoms with Gasteiger partial charge in [0, 0.05) is 6.04 Å². The number of esters is 1. The smallest absolute Gasteiger partial charge is 0.325 e. The molecule has 0 saturated heterocycles. The highest BCUT2D eigenvalue weighted by atomic mass is 16.5. The Balaban J connectivity index is 3.04. The van der Waals surface area contributed by atoms with E-state index in [0.29, 0.717) is 11.3 Å². The van der Waals surface area contributed by atoms with Crippen LogP contribution in [-0.2, 0) is 9.53 Å². The number of hydrogen-bond donors (Lipinski definition) is 1. The fourth-order valence-corrected chi connectivity index (χ4v) is 1.90. The number of nitrogen functional groups attached to an aromatic ring is 1. The van der Waals surface area contributed by atoms with Crippen LogP contribution in [0.4, 0.5) is 5.69 Å². The number of hydrogen-bond acceptors (Lipinski definition) is 5. The summed E-state index contributed by atoms with van der Waals surface area (Å²) in [5.41, 5.74) is 6.51. The Labute approximate surface area is 124 Å². The minimum atomic E-state index is -0.444. The molecule has 1 rings (SSSR count). The van der Waals surface area contributed by atoms with Gasteiger partial charge in [0.25, 0.3) is 5.91 Å². The lowest BCUT2D eigenvalue weighted by Crippen LogP contribution is -2.41. The number of benzene rings is 1. The number of methoxy groups -OCH3 is 1. The van der Waals surface area contributed by atoms with Gasteiger partial charge in [-0.2, -0.15) is 0 Å². The largest absolute Gasteiger partial charge is 0.495 e. The predicted octanol–water partition coefficient (Wildman–Crippen LogP) is 1.69. The van der Waals surface area contributed by atoms with E-state index in [2.05, 4.69) is 0 Å². The Hall–Kier alpha value is -2.24. The number of amides is 1. The Kier molecular flexibility index (Phi) is 6.02. The van der Waals surface area contributed by atoms with Crippen molar-refractivity contribution in [1.29, 1.82) is 0 Å². The number of para-hydroxylation sites is 1. The van der Waals surface area contributed by atoms with Crippen LogP contribution in [0.1, 0.15) is 31.1 Å². The molecule has 6 nitrogen and oxygen atoms in total. The normalized spacial score (nSPS) is 10.3. The lowest BCUT2D eigenvalue weighted by molar-refractivity contribution is -0.144. The van der Waals surface area contributed by atoms with E-state index in [1.165, 1.54) is 12.0 Å². The molecule has 1 aromatic rings. The van der Waals surface area contributed by atoms with Gasteiger partial charge in [0.05, 0.1) is 25.0 Å². The molecule has 0 atom stereocenters. The van der Waals surface area contributed by atoms with Gasteiger partial charge in [0.2, 0.25) is 0 Å². The molecule has 0 heterocycles. The first kappa shape index (κ1) is 16.8. The summed E-state index contributed by atoms with van der Waals surface area (Å²) in [6.45, 7) is 5.54. The highest BCUT2D eigenvalue weighted by molar-refractivity contribution is 6.01. The molecule has 0 aliphatic carbocycles. The molecule has 0 saturated carbocycles. The number of carbonyl (C=O) groups is 2. The molecule has 0 radical (unpaired) electrons. The second-order valence-corrected chi connectivity index (χ2v) is 4.75. The van der Waals surface area contributed by atoms with Gasteiger partial charge in [-0.05, 0) is 32.9 Å². The maximum atomic E-state index is 12.6. The standard InChI is InChI=1S/C15H22N2O4/c1-5-21-13(18)9-17(10(2)3)15(19)11-7-6-8-12(20-4)14(11)16/h6-8,10H,5,9,16H2,1-4H3. The summed E-state index contributed by atoms with van der Waals surface area (Å²) in [7, 11) is 1.48. The second kappa shape index (κ2) is 7.52. The van der Waals surface area contributed by atoms with Gasteiger partial charge >= 0.3 is 5.97 Å². The quantitative estimate of drug-likeness (QED) is 0.638. The monoisotopic (exact) mass is 294 g/mol. The average Bonchev–Trinajstić information content (AvgIpc) is 2.44. The lowest BCUT2D eigenvalue weighted by Gasteiger charge is -2.26. The Morgan fingerprint density at radius 3 is 2.52 bits per heavy atom. The summed E-state index contributed by atoms with van der Waals surface area (Å²) in [6, 6.07) is 4.82. The van der Waals surface area contributed by atoms with E-state index in [-0.39, 0.29) is 30.8 Å². The first-order chi connectivity index (χ1) is 9.92. The molecule has 2 N–H and O–H groups in total. The van der Waals surface area contributed by atoms with Gasteiger partial charge in [-0.3, -0.25) is 9.59 Å². The zero-order chi connectivity index (χ0) is 16.0. The van der Waals surface area contributed by atoms with Crippen molar-refractivity contribution in [1.82, 2.24) is 4.90 Å². The summed E-state index contributed by atoms with van der Waals surface area (Å²) >= 11 is 0. The van der Waals surface area contributed by atoms with Crippen molar-refractivity contribution >= 4 is 17.6 Å². The predicted molar refractivity (Wildman–Crippen MR) is 80.2 cm³/mol. The summed E-state index contributed by atoms with van der Waals surface area (Å²) in [6.07, 6.45) is 0. The maximum absolute atomic E-state index is 12.6. The van der Waals surface area contributed by atoms with Crippen molar-refractivity contribution in [3.63, 3.8) is 0 Å². The lowest BCUT2D eigenvalue weighted by atomic mass is 10.1. The van der Waals surface area contributed by atoms with Crippen LogP contribution in [0.5, 0.6) is 5.75 Å². The number of nitrogens with zero attached hydrogens (tertiary/aromatic N) is 1. The van der Waals surface area contributed by atoms with E-state index < -0.39 is 5.97 Å².